The lowest BCUT2D eigenvalue weighted by atomic mass is 9.89. The summed E-state index contributed by atoms with van der Waals surface area (Å²) in [6, 6.07) is -0.0780. The van der Waals surface area contributed by atoms with Gasteiger partial charge in [0.1, 0.15) is 0 Å². The number of amides is 1. The monoisotopic (exact) mass is 254 g/mol. The topological polar surface area (TPSA) is 55.6 Å². The van der Waals surface area contributed by atoms with E-state index in [0.29, 0.717) is 13.2 Å². The first kappa shape index (κ1) is 13.8. The number of fused-ring (bicyclic) bond motifs is 1. The van der Waals surface area contributed by atoms with Gasteiger partial charge in [-0.2, -0.15) is 0 Å². The van der Waals surface area contributed by atoms with E-state index in [0.717, 1.165) is 19.3 Å². The molecule has 2 rings (SSSR count). The minimum Gasteiger partial charge on any atom is -0.374 e. The van der Waals surface area contributed by atoms with Gasteiger partial charge in [-0.15, -0.1) is 0 Å². The lowest BCUT2D eigenvalue weighted by Gasteiger charge is -2.45. The van der Waals surface area contributed by atoms with Gasteiger partial charge in [-0.3, -0.25) is 4.79 Å². The maximum Gasteiger partial charge on any atom is 0.240 e. The first-order chi connectivity index (χ1) is 8.65. The minimum absolute atomic E-state index is 0.129. The molecule has 0 aromatic carbocycles. The highest BCUT2D eigenvalue weighted by Crippen LogP contribution is 2.29. The Hall–Kier alpha value is -0.610. The molecule has 0 bridgehead atoms. The van der Waals surface area contributed by atoms with Crippen molar-refractivity contribution in [2.45, 2.75) is 64.1 Å². The summed E-state index contributed by atoms with van der Waals surface area (Å²) in [6.07, 6.45) is 5.79. The summed E-state index contributed by atoms with van der Waals surface area (Å²) >= 11 is 0. The third-order valence-corrected chi connectivity index (χ3v) is 4.56. The van der Waals surface area contributed by atoms with Crippen molar-refractivity contribution in [3.05, 3.63) is 0 Å². The van der Waals surface area contributed by atoms with Gasteiger partial charge in [-0.25, -0.2) is 0 Å². The Kier molecular flexibility index (Phi) is 4.62. The average Bonchev–Trinajstić information content (AvgIpc) is 2.44. The summed E-state index contributed by atoms with van der Waals surface area (Å²) in [5, 5.41) is 0. The molecule has 4 atom stereocenters. The van der Waals surface area contributed by atoms with Crippen molar-refractivity contribution in [2.24, 2.45) is 11.7 Å². The molecule has 2 N–H and O–H groups in total. The maximum absolute atomic E-state index is 12.5. The van der Waals surface area contributed by atoms with Crippen LogP contribution in [0.1, 0.15) is 46.0 Å². The second kappa shape index (κ2) is 6.02. The van der Waals surface area contributed by atoms with E-state index in [2.05, 4.69) is 13.8 Å². The van der Waals surface area contributed by atoms with Gasteiger partial charge < -0.3 is 15.4 Å². The highest BCUT2D eigenvalue weighted by molar-refractivity contribution is 5.82. The van der Waals surface area contributed by atoms with E-state index in [1.165, 1.54) is 12.8 Å². The van der Waals surface area contributed by atoms with E-state index in [4.69, 9.17) is 10.5 Å². The van der Waals surface area contributed by atoms with Crippen molar-refractivity contribution in [1.29, 1.82) is 0 Å². The molecular weight excluding hydrogens is 228 g/mol. The molecular formula is C14H26N2O2. The summed E-state index contributed by atoms with van der Waals surface area (Å²) in [5.41, 5.74) is 6.09. The molecule has 1 heterocycles. The zero-order valence-corrected chi connectivity index (χ0v) is 11.6. The van der Waals surface area contributed by atoms with Gasteiger partial charge in [-0.05, 0) is 18.8 Å². The SMILES string of the molecule is CC[C@H](C)[C@H](N)C(=O)N1CCOC2CCCCC21. The van der Waals surface area contributed by atoms with Crippen LogP contribution in [0.2, 0.25) is 0 Å². The van der Waals surface area contributed by atoms with E-state index in [9.17, 15) is 4.79 Å². The molecule has 2 unspecified atom stereocenters. The average molecular weight is 254 g/mol. The molecule has 1 saturated carbocycles. The van der Waals surface area contributed by atoms with Crippen molar-refractivity contribution >= 4 is 5.91 Å². The molecule has 0 aromatic heterocycles. The Morgan fingerprint density at radius 2 is 2.17 bits per heavy atom. The van der Waals surface area contributed by atoms with E-state index in [-0.39, 0.29) is 30.0 Å². The largest absolute Gasteiger partial charge is 0.374 e. The van der Waals surface area contributed by atoms with E-state index in [1.54, 1.807) is 0 Å². The van der Waals surface area contributed by atoms with Crippen LogP contribution in [-0.4, -0.2) is 42.1 Å². The Morgan fingerprint density at radius 1 is 1.44 bits per heavy atom. The number of rotatable bonds is 3. The highest BCUT2D eigenvalue weighted by Gasteiger charge is 2.38. The van der Waals surface area contributed by atoms with E-state index in [1.807, 2.05) is 4.90 Å². The third kappa shape index (κ3) is 2.69. The quantitative estimate of drug-likeness (QED) is 0.831. The predicted molar refractivity (Wildman–Crippen MR) is 71.1 cm³/mol. The van der Waals surface area contributed by atoms with Crippen molar-refractivity contribution < 1.29 is 9.53 Å². The van der Waals surface area contributed by atoms with Gasteiger partial charge in [0.25, 0.3) is 0 Å². The number of ether oxygens (including phenoxy) is 1. The van der Waals surface area contributed by atoms with Crippen LogP contribution in [0.15, 0.2) is 0 Å². The van der Waals surface area contributed by atoms with Crippen LogP contribution in [0.3, 0.4) is 0 Å². The number of carbonyl (C=O) groups excluding carboxylic acids is 1. The van der Waals surface area contributed by atoms with Crippen molar-refractivity contribution in [2.75, 3.05) is 13.2 Å². The number of morpholine rings is 1. The number of carbonyl (C=O) groups is 1. The third-order valence-electron chi connectivity index (χ3n) is 4.56. The molecule has 2 fully saturated rings. The van der Waals surface area contributed by atoms with Crippen molar-refractivity contribution in [3.8, 4) is 0 Å². The molecule has 4 nitrogen and oxygen atoms in total. The molecule has 1 saturated heterocycles. The first-order valence-electron chi connectivity index (χ1n) is 7.32. The summed E-state index contributed by atoms with van der Waals surface area (Å²) in [4.78, 5) is 14.5. The molecule has 2 aliphatic rings. The fourth-order valence-electron chi connectivity index (χ4n) is 3.06. The summed E-state index contributed by atoms with van der Waals surface area (Å²) in [7, 11) is 0. The second-order valence-electron chi connectivity index (χ2n) is 5.70. The molecule has 0 aromatic rings. The highest BCUT2D eigenvalue weighted by atomic mass is 16.5. The van der Waals surface area contributed by atoms with Crippen LogP contribution in [-0.2, 0) is 9.53 Å². The smallest absolute Gasteiger partial charge is 0.240 e. The number of nitrogens with zero attached hydrogens (tertiary/aromatic N) is 1. The summed E-state index contributed by atoms with van der Waals surface area (Å²) in [6.45, 7) is 5.52. The summed E-state index contributed by atoms with van der Waals surface area (Å²) in [5.74, 6) is 0.381. The Morgan fingerprint density at radius 3 is 2.89 bits per heavy atom. The molecule has 1 aliphatic carbocycles. The number of hydrogen-bond donors (Lipinski definition) is 1. The lowest BCUT2D eigenvalue weighted by molar-refractivity contribution is -0.152. The molecule has 0 radical (unpaired) electrons. The first-order valence-corrected chi connectivity index (χ1v) is 7.32. The van der Waals surface area contributed by atoms with Gasteiger partial charge >= 0.3 is 0 Å². The normalized spacial score (nSPS) is 31.6. The molecule has 0 spiro atoms. The maximum atomic E-state index is 12.5. The Labute approximate surface area is 110 Å². The summed E-state index contributed by atoms with van der Waals surface area (Å²) < 4.78 is 5.79. The van der Waals surface area contributed by atoms with Crippen LogP contribution >= 0.6 is 0 Å². The van der Waals surface area contributed by atoms with Gasteiger partial charge in [-0.1, -0.05) is 33.1 Å². The van der Waals surface area contributed by atoms with Crippen LogP contribution in [0.25, 0.3) is 0 Å². The van der Waals surface area contributed by atoms with Crippen molar-refractivity contribution in [3.63, 3.8) is 0 Å². The van der Waals surface area contributed by atoms with Gasteiger partial charge in [0, 0.05) is 6.54 Å². The fraction of sp³-hybridized carbons (Fsp3) is 0.929. The zero-order valence-electron chi connectivity index (χ0n) is 11.6. The van der Waals surface area contributed by atoms with E-state index < -0.39 is 0 Å². The van der Waals surface area contributed by atoms with Crippen LogP contribution in [0.5, 0.6) is 0 Å². The van der Waals surface area contributed by atoms with Crippen LogP contribution in [0, 0.1) is 5.92 Å². The van der Waals surface area contributed by atoms with Crippen LogP contribution in [0.4, 0.5) is 0 Å². The lowest BCUT2D eigenvalue weighted by Crippen LogP contribution is -2.59. The molecule has 104 valence electrons. The Balaban J connectivity index is 2.03. The number of hydrogen-bond acceptors (Lipinski definition) is 3. The van der Waals surface area contributed by atoms with Crippen molar-refractivity contribution in [1.82, 2.24) is 4.90 Å². The second-order valence-corrected chi connectivity index (χ2v) is 5.70. The van der Waals surface area contributed by atoms with Gasteiger partial charge in [0.15, 0.2) is 0 Å². The van der Waals surface area contributed by atoms with Gasteiger partial charge in [0.2, 0.25) is 5.91 Å². The molecule has 1 amide bonds. The minimum atomic E-state index is -0.351. The van der Waals surface area contributed by atoms with E-state index >= 15 is 0 Å². The van der Waals surface area contributed by atoms with Crippen LogP contribution < -0.4 is 5.73 Å². The standard InChI is InChI=1S/C14H26N2O2/c1-3-10(2)13(15)14(17)16-8-9-18-12-7-5-4-6-11(12)16/h10-13H,3-9,15H2,1-2H3/t10-,11?,12?,13-/m0/s1. The number of nitrogens with two attached hydrogens (primary N) is 1. The molecule has 4 heteroatoms. The predicted octanol–water partition coefficient (Wildman–Crippen LogP) is 1.53. The molecule has 1 aliphatic heterocycles. The zero-order chi connectivity index (χ0) is 13.1. The molecule has 18 heavy (non-hydrogen) atoms. The van der Waals surface area contributed by atoms with Gasteiger partial charge in [0.05, 0.1) is 24.8 Å². The fourth-order valence-corrected chi connectivity index (χ4v) is 3.06. The Bertz CT molecular complexity index is 294.